The first-order valence-electron chi connectivity index (χ1n) is 7.62. The number of hydrogen-bond acceptors (Lipinski definition) is 3. The van der Waals surface area contributed by atoms with Gasteiger partial charge in [0.05, 0.1) is 5.69 Å². The van der Waals surface area contributed by atoms with Gasteiger partial charge in [0.2, 0.25) is 0 Å². The van der Waals surface area contributed by atoms with Crippen molar-refractivity contribution in [1.82, 2.24) is 20.4 Å². The van der Waals surface area contributed by atoms with Gasteiger partial charge in [0.15, 0.2) is 0 Å². The molecule has 0 spiro atoms. The van der Waals surface area contributed by atoms with Crippen LogP contribution in [-0.2, 0) is 6.42 Å². The van der Waals surface area contributed by atoms with Crippen molar-refractivity contribution in [2.24, 2.45) is 0 Å². The van der Waals surface area contributed by atoms with E-state index in [1.807, 2.05) is 30.3 Å². The molecule has 0 saturated carbocycles. The van der Waals surface area contributed by atoms with Gasteiger partial charge >= 0.3 is 0 Å². The first-order chi connectivity index (χ1) is 10.3. The van der Waals surface area contributed by atoms with Gasteiger partial charge in [-0.1, -0.05) is 30.3 Å². The van der Waals surface area contributed by atoms with E-state index in [1.165, 1.54) is 0 Å². The summed E-state index contributed by atoms with van der Waals surface area (Å²) in [4.78, 5) is 14.4. The second kappa shape index (κ2) is 6.74. The summed E-state index contributed by atoms with van der Waals surface area (Å²) in [7, 11) is 0. The number of H-pyrrole nitrogens is 2. The molecule has 112 valence electrons. The number of nitrogens with one attached hydrogen (secondary N) is 3. The van der Waals surface area contributed by atoms with E-state index in [0.29, 0.717) is 0 Å². The maximum atomic E-state index is 12.0. The molecule has 1 aromatic heterocycles. The minimum Gasteiger partial charge on any atom is -0.314 e. The van der Waals surface area contributed by atoms with E-state index in [2.05, 4.69) is 20.4 Å². The van der Waals surface area contributed by atoms with E-state index in [0.717, 1.165) is 62.4 Å². The summed E-state index contributed by atoms with van der Waals surface area (Å²) in [5.74, 6) is 0. The van der Waals surface area contributed by atoms with Crippen LogP contribution in [0.1, 0.15) is 12.0 Å². The number of aromatic amines is 2. The van der Waals surface area contributed by atoms with Crippen molar-refractivity contribution in [2.45, 2.75) is 12.8 Å². The maximum absolute atomic E-state index is 12.0. The molecule has 3 N–H and O–H groups in total. The monoisotopic (exact) mass is 286 g/mol. The highest BCUT2D eigenvalue weighted by molar-refractivity contribution is 5.62. The zero-order chi connectivity index (χ0) is 14.5. The van der Waals surface area contributed by atoms with Crippen LogP contribution in [0.4, 0.5) is 0 Å². The second-order valence-corrected chi connectivity index (χ2v) is 5.49. The third-order valence-corrected chi connectivity index (χ3v) is 4.05. The molecule has 0 atom stereocenters. The highest BCUT2D eigenvalue weighted by Gasteiger charge is 2.13. The zero-order valence-electron chi connectivity index (χ0n) is 12.2. The molecule has 2 heterocycles. The topological polar surface area (TPSA) is 63.9 Å². The highest BCUT2D eigenvalue weighted by atomic mass is 16.1. The Bertz CT molecular complexity index is 611. The van der Waals surface area contributed by atoms with Crippen LogP contribution in [-0.4, -0.2) is 47.8 Å². The number of hydrogen-bond donors (Lipinski definition) is 3. The minimum absolute atomic E-state index is 0.00849. The molecule has 1 fully saturated rings. The molecular weight excluding hydrogens is 264 g/mol. The number of nitrogens with zero attached hydrogens (tertiary/aromatic N) is 1. The Kier molecular flexibility index (Phi) is 4.52. The minimum atomic E-state index is 0.00849. The standard InChI is InChI=1S/C16H22N4O/c21-16-14(7-4-10-20-11-8-17-9-12-20)15(18-19-16)13-5-2-1-3-6-13/h1-3,5-6,17H,4,7-12H2,(H2,18,19,21). The summed E-state index contributed by atoms with van der Waals surface area (Å²) in [6, 6.07) is 10.0. The molecule has 1 saturated heterocycles. The van der Waals surface area contributed by atoms with Gasteiger partial charge in [0, 0.05) is 31.7 Å². The van der Waals surface area contributed by atoms with Crippen molar-refractivity contribution >= 4 is 0 Å². The highest BCUT2D eigenvalue weighted by Crippen LogP contribution is 2.19. The van der Waals surface area contributed by atoms with Gasteiger partial charge < -0.3 is 10.2 Å². The van der Waals surface area contributed by atoms with Crippen LogP contribution in [0.3, 0.4) is 0 Å². The second-order valence-electron chi connectivity index (χ2n) is 5.49. The fraction of sp³-hybridized carbons (Fsp3) is 0.438. The van der Waals surface area contributed by atoms with Crippen LogP contribution < -0.4 is 10.9 Å². The van der Waals surface area contributed by atoms with Crippen molar-refractivity contribution in [3.63, 3.8) is 0 Å². The summed E-state index contributed by atoms with van der Waals surface area (Å²) in [6.07, 6.45) is 1.83. The molecule has 5 heteroatoms. The number of piperazine rings is 1. The van der Waals surface area contributed by atoms with Gasteiger partial charge in [0.25, 0.3) is 5.56 Å². The molecule has 0 radical (unpaired) electrons. The Morgan fingerprint density at radius 2 is 1.81 bits per heavy atom. The van der Waals surface area contributed by atoms with E-state index in [1.54, 1.807) is 0 Å². The van der Waals surface area contributed by atoms with Gasteiger partial charge in [-0.05, 0) is 24.9 Å². The number of rotatable bonds is 5. The van der Waals surface area contributed by atoms with Crippen LogP contribution in [0.15, 0.2) is 35.1 Å². The Hall–Kier alpha value is -1.85. The molecule has 0 amide bonds. The smallest absolute Gasteiger partial charge is 0.267 e. The Labute approximate surface area is 124 Å². The Morgan fingerprint density at radius 3 is 2.57 bits per heavy atom. The average molecular weight is 286 g/mol. The average Bonchev–Trinajstić information content (AvgIpc) is 2.91. The summed E-state index contributed by atoms with van der Waals surface area (Å²) in [5, 5.41) is 9.09. The van der Waals surface area contributed by atoms with Crippen molar-refractivity contribution in [1.29, 1.82) is 0 Å². The maximum Gasteiger partial charge on any atom is 0.267 e. The van der Waals surface area contributed by atoms with E-state index in [4.69, 9.17) is 0 Å². The molecule has 0 bridgehead atoms. The van der Waals surface area contributed by atoms with Crippen LogP contribution in [0.25, 0.3) is 11.3 Å². The molecule has 1 aromatic carbocycles. The predicted octanol–water partition coefficient (Wildman–Crippen LogP) is 1.21. The molecular formula is C16H22N4O. The normalized spacial score (nSPS) is 16.2. The third kappa shape index (κ3) is 3.43. The fourth-order valence-corrected chi connectivity index (χ4v) is 2.89. The van der Waals surface area contributed by atoms with Gasteiger partial charge in [-0.25, -0.2) is 0 Å². The summed E-state index contributed by atoms with van der Waals surface area (Å²) >= 11 is 0. The fourth-order valence-electron chi connectivity index (χ4n) is 2.89. The summed E-state index contributed by atoms with van der Waals surface area (Å²) in [5.41, 5.74) is 2.87. The quantitative estimate of drug-likeness (QED) is 0.774. The van der Waals surface area contributed by atoms with Gasteiger partial charge in [-0.3, -0.25) is 15.0 Å². The lowest BCUT2D eigenvalue weighted by atomic mass is 10.0. The lowest BCUT2D eigenvalue weighted by Gasteiger charge is -2.26. The van der Waals surface area contributed by atoms with Crippen molar-refractivity contribution in [3.8, 4) is 11.3 Å². The van der Waals surface area contributed by atoms with Crippen LogP contribution >= 0.6 is 0 Å². The first kappa shape index (κ1) is 14.1. The van der Waals surface area contributed by atoms with Gasteiger partial charge in [0.1, 0.15) is 0 Å². The Balaban J connectivity index is 1.65. The number of benzene rings is 1. The summed E-state index contributed by atoms with van der Waals surface area (Å²) in [6.45, 7) is 5.41. The van der Waals surface area contributed by atoms with Crippen LogP contribution in [0.2, 0.25) is 0 Å². The van der Waals surface area contributed by atoms with E-state index in [-0.39, 0.29) is 5.56 Å². The largest absolute Gasteiger partial charge is 0.314 e. The molecule has 1 aliphatic heterocycles. The van der Waals surface area contributed by atoms with E-state index >= 15 is 0 Å². The van der Waals surface area contributed by atoms with Crippen molar-refractivity contribution in [3.05, 3.63) is 46.2 Å². The molecule has 0 aliphatic carbocycles. The van der Waals surface area contributed by atoms with Crippen LogP contribution in [0.5, 0.6) is 0 Å². The summed E-state index contributed by atoms with van der Waals surface area (Å²) < 4.78 is 0. The lowest BCUT2D eigenvalue weighted by Crippen LogP contribution is -2.43. The molecule has 1 aliphatic rings. The predicted molar refractivity (Wildman–Crippen MR) is 84.5 cm³/mol. The first-order valence-corrected chi connectivity index (χ1v) is 7.62. The SMILES string of the molecule is O=c1[nH][nH]c(-c2ccccc2)c1CCCN1CCNCC1. The lowest BCUT2D eigenvalue weighted by molar-refractivity contribution is 0.238. The molecule has 3 rings (SSSR count). The van der Waals surface area contributed by atoms with Crippen molar-refractivity contribution < 1.29 is 0 Å². The number of aromatic nitrogens is 2. The van der Waals surface area contributed by atoms with Crippen LogP contribution in [0, 0.1) is 0 Å². The van der Waals surface area contributed by atoms with E-state index < -0.39 is 0 Å². The molecule has 5 nitrogen and oxygen atoms in total. The zero-order valence-corrected chi connectivity index (χ0v) is 12.2. The van der Waals surface area contributed by atoms with Gasteiger partial charge in [-0.15, -0.1) is 0 Å². The molecule has 21 heavy (non-hydrogen) atoms. The molecule has 0 unspecified atom stereocenters. The van der Waals surface area contributed by atoms with Crippen molar-refractivity contribution in [2.75, 3.05) is 32.7 Å². The van der Waals surface area contributed by atoms with E-state index in [9.17, 15) is 4.79 Å². The molecule has 2 aromatic rings. The third-order valence-electron chi connectivity index (χ3n) is 4.05. The Morgan fingerprint density at radius 1 is 1.05 bits per heavy atom. The van der Waals surface area contributed by atoms with Gasteiger partial charge in [-0.2, -0.15) is 0 Å².